The van der Waals surface area contributed by atoms with Crippen LogP contribution >= 0.6 is 7.37 Å². The molecule has 362 valence electrons. The summed E-state index contributed by atoms with van der Waals surface area (Å²) >= 11 is 0. The molecular formula is C49H69N4O10PS2. The topological polar surface area (TPSA) is 211 Å². The summed E-state index contributed by atoms with van der Waals surface area (Å²) in [5.74, 6) is -6.66. The molecule has 0 heterocycles. The Bertz CT molecular complexity index is 2470. The lowest BCUT2D eigenvalue weighted by atomic mass is 9.94. The molecule has 14 nitrogen and oxygen atoms in total. The molecule has 4 N–H and O–H groups in total. The van der Waals surface area contributed by atoms with Gasteiger partial charge in [0.1, 0.15) is 12.1 Å². The molecular weight excluding hydrogens is 900 g/mol. The second-order valence-electron chi connectivity index (χ2n) is 19.7. The van der Waals surface area contributed by atoms with E-state index in [9.17, 15) is 40.6 Å². The Morgan fingerprint density at radius 2 is 0.879 bits per heavy atom. The molecule has 4 aromatic rings. The van der Waals surface area contributed by atoms with Crippen LogP contribution in [-0.4, -0.2) is 93.2 Å². The maximum atomic E-state index is 14.1. The molecule has 0 aliphatic carbocycles. The van der Waals surface area contributed by atoms with Crippen LogP contribution in [0.15, 0.2) is 84.9 Å². The minimum Gasteiger partial charge on any atom is -0.345 e. The Balaban J connectivity index is 1.48. The fourth-order valence-electron chi connectivity index (χ4n) is 7.37. The van der Waals surface area contributed by atoms with Crippen molar-refractivity contribution in [1.82, 2.24) is 21.3 Å². The van der Waals surface area contributed by atoms with E-state index < -0.39 is 120 Å². The van der Waals surface area contributed by atoms with Crippen molar-refractivity contribution >= 4 is 72.2 Å². The van der Waals surface area contributed by atoms with Gasteiger partial charge in [-0.15, -0.1) is 0 Å². The summed E-state index contributed by atoms with van der Waals surface area (Å²) in [6.07, 6.45) is -0.884. The zero-order valence-corrected chi connectivity index (χ0v) is 42.7. The summed E-state index contributed by atoms with van der Waals surface area (Å²) in [6.45, 7) is 16.3. The van der Waals surface area contributed by atoms with Crippen LogP contribution in [0.5, 0.6) is 0 Å². The zero-order chi connectivity index (χ0) is 49.4. The lowest BCUT2D eigenvalue weighted by Gasteiger charge is -2.28. The average molecular weight is 969 g/mol. The summed E-state index contributed by atoms with van der Waals surface area (Å²) in [5.41, 5.74) is 1.55. The summed E-state index contributed by atoms with van der Waals surface area (Å²) in [4.78, 5) is 55.7. The normalized spacial score (nSPS) is 14.7. The van der Waals surface area contributed by atoms with Crippen LogP contribution < -0.4 is 21.3 Å². The molecule has 0 fully saturated rings. The van der Waals surface area contributed by atoms with E-state index in [1.54, 1.807) is 69.2 Å². The van der Waals surface area contributed by atoms with Crippen molar-refractivity contribution in [2.45, 2.75) is 104 Å². The number of fused-ring (bicyclic) bond motifs is 2. The van der Waals surface area contributed by atoms with Gasteiger partial charge in [-0.1, -0.05) is 113 Å². The van der Waals surface area contributed by atoms with Gasteiger partial charge in [0.25, 0.3) is 0 Å². The van der Waals surface area contributed by atoms with Gasteiger partial charge in [-0.3, -0.25) is 23.7 Å². The highest BCUT2D eigenvalue weighted by Crippen LogP contribution is 2.43. The number of carbonyl (C=O) groups is 4. The molecule has 0 saturated heterocycles. The van der Waals surface area contributed by atoms with Gasteiger partial charge < -0.3 is 25.8 Å². The molecule has 0 aliphatic heterocycles. The summed E-state index contributed by atoms with van der Waals surface area (Å²) in [7, 11) is -10.2. The average Bonchev–Trinajstić information content (AvgIpc) is 3.24. The SMILES string of the molecule is COP(=O)(CNC(=O)[C@@H](NC(=O)[C@H](Cc1cccc2ccccc12)CS(=O)(=O)C(C)(C)C)C(C)C)CNC(=O)[C@@H](NC(=O)[C@H](Cc1cccc2ccccc12)CS(=O)(=O)C(C)(C)C)C(C)C. The van der Waals surface area contributed by atoms with Crippen LogP contribution in [-0.2, 0) is 60.8 Å². The standard InChI is InChI=1S/C49H69N4O10PS2/c1-32(2)42(52-44(54)38(28-65(59,60)48(5,6)7)26-36-22-16-20-34-18-12-14-24-40(34)36)46(56)50-30-64(58,63-11)31-51-47(57)43(33(3)4)53-45(55)39(29-66(61,62)49(8,9)10)27-37-23-17-21-35-19-13-15-25-41(35)37/h12-25,32-33,38-39,42-43H,26-31H2,1-11H3,(H,50,56)(H,51,57)(H,52,54)(H,53,55)/t38-,39-,42+,43+/m1/s1. The molecule has 0 radical (unpaired) electrons. The Morgan fingerprint density at radius 3 is 1.20 bits per heavy atom. The molecule has 66 heavy (non-hydrogen) atoms. The minimum absolute atomic E-state index is 0.0895. The Kier molecular flexibility index (Phi) is 18.0. The Labute approximate surface area is 391 Å². The van der Waals surface area contributed by atoms with E-state index in [4.69, 9.17) is 4.52 Å². The number of benzene rings is 4. The molecule has 17 heteroatoms. The van der Waals surface area contributed by atoms with Crippen LogP contribution in [0.4, 0.5) is 0 Å². The van der Waals surface area contributed by atoms with Crippen LogP contribution in [0.25, 0.3) is 21.5 Å². The van der Waals surface area contributed by atoms with Crippen molar-refractivity contribution in [2.24, 2.45) is 23.7 Å². The predicted octanol–water partition coefficient (Wildman–Crippen LogP) is 6.79. The van der Waals surface area contributed by atoms with Crippen LogP contribution in [0.2, 0.25) is 0 Å². The number of carbonyl (C=O) groups excluding carboxylic acids is 4. The van der Waals surface area contributed by atoms with Crippen LogP contribution in [0.3, 0.4) is 0 Å². The van der Waals surface area contributed by atoms with Gasteiger partial charge in [-0.05, 0) is 98.9 Å². The molecule has 4 aromatic carbocycles. The number of rotatable bonds is 21. The second-order valence-corrected chi connectivity index (χ2v) is 27.9. The van der Waals surface area contributed by atoms with Gasteiger partial charge in [0.05, 0.1) is 45.4 Å². The quantitative estimate of drug-likeness (QED) is 0.0643. The minimum atomic E-state index is -3.83. The lowest BCUT2D eigenvalue weighted by Crippen LogP contribution is -2.53. The smallest absolute Gasteiger partial charge is 0.243 e. The van der Waals surface area contributed by atoms with Gasteiger partial charge in [0.2, 0.25) is 31.0 Å². The first-order chi connectivity index (χ1) is 30.6. The zero-order valence-electron chi connectivity index (χ0n) is 40.1. The molecule has 0 bridgehead atoms. The number of nitrogens with one attached hydrogen (secondary N) is 4. The molecule has 0 spiro atoms. The molecule has 4 amide bonds. The lowest BCUT2D eigenvalue weighted by molar-refractivity contribution is -0.131. The molecule has 0 unspecified atom stereocenters. The largest absolute Gasteiger partial charge is 0.345 e. The maximum absolute atomic E-state index is 14.1. The summed E-state index contributed by atoms with van der Waals surface area (Å²) in [6, 6.07) is 24.1. The fraction of sp³-hybridized carbons (Fsp3) is 0.510. The van der Waals surface area contributed by atoms with Crippen molar-refractivity contribution in [3.63, 3.8) is 0 Å². The van der Waals surface area contributed by atoms with Crippen molar-refractivity contribution in [1.29, 1.82) is 0 Å². The molecule has 0 aliphatic rings. The fourth-order valence-corrected chi connectivity index (χ4v) is 11.1. The third-order valence-corrected chi connectivity index (χ3v) is 19.3. The van der Waals surface area contributed by atoms with E-state index in [0.29, 0.717) is 0 Å². The van der Waals surface area contributed by atoms with Crippen molar-refractivity contribution in [3.05, 3.63) is 96.1 Å². The van der Waals surface area contributed by atoms with Gasteiger partial charge in [0.15, 0.2) is 19.7 Å². The monoisotopic (exact) mass is 968 g/mol. The molecule has 4 atom stereocenters. The van der Waals surface area contributed by atoms with Crippen LogP contribution in [0, 0.1) is 23.7 Å². The first kappa shape index (κ1) is 54.0. The van der Waals surface area contributed by atoms with E-state index >= 15 is 0 Å². The first-order valence-corrected chi connectivity index (χ1v) is 27.6. The van der Waals surface area contributed by atoms with Crippen molar-refractivity contribution < 1.29 is 45.1 Å². The molecule has 4 rings (SSSR count). The van der Waals surface area contributed by atoms with E-state index in [1.807, 2.05) is 84.9 Å². The van der Waals surface area contributed by atoms with E-state index in [1.165, 1.54) is 7.11 Å². The highest BCUT2D eigenvalue weighted by molar-refractivity contribution is 7.93. The first-order valence-electron chi connectivity index (χ1n) is 22.3. The molecule has 0 saturated carbocycles. The highest BCUT2D eigenvalue weighted by Gasteiger charge is 2.39. The van der Waals surface area contributed by atoms with E-state index in [2.05, 4.69) is 21.3 Å². The molecule has 0 aromatic heterocycles. The van der Waals surface area contributed by atoms with Gasteiger partial charge in [-0.25, -0.2) is 16.8 Å². The van der Waals surface area contributed by atoms with Crippen molar-refractivity contribution in [2.75, 3.05) is 31.2 Å². The third kappa shape index (κ3) is 14.0. The van der Waals surface area contributed by atoms with Gasteiger partial charge >= 0.3 is 0 Å². The Morgan fingerprint density at radius 1 is 0.545 bits per heavy atom. The van der Waals surface area contributed by atoms with E-state index in [-0.39, 0.29) is 12.8 Å². The predicted molar refractivity (Wildman–Crippen MR) is 264 cm³/mol. The number of sulfone groups is 2. The van der Waals surface area contributed by atoms with Crippen LogP contribution in [0.1, 0.15) is 80.4 Å². The second kappa shape index (κ2) is 22.0. The summed E-state index contributed by atoms with van der Waals surface area (Å²) in [5, 5.41) is 14.4. The third-order valence-electron chi connectivity index (χ3n) is 12.0. The number of hydrogen-bond donors (Lipinski definition) is 4. The van der Waals surface area contributed by atoms with Crippen molar-refractivity contribution in [3.8, 4) is 0 Å². The van der Waals surface area contributed by atoms with Gasteiger partial charge in [-0.2, -0.15) is 0 Å². The number of amides is 4. The summed E-state index contributed by atoms with van der Waals surface area (Å²) < 4.78 is 71.1. The van der Waals surface area contributed by atoms with Gasteiger partial charge in [0, 0.05) is 7.11 Å². The van der Waals surface area contributed by atoms with E-state index in [0.717, 1.165) is 32.7 Å². The highest BCUT2D eigenvalue weighted by atomic mass is 32.2. The maximum Gasteiger partial charge on any atom is 0.243 e. The Hall–Kier alpha value is -4.63. The number of hydrogen-bond acceptors (Lipinski definition) is 10.